The third-order valence-electron chi connectivity index (χ3n) is 4.62. The number of halogens is 2. The van der Waals surface area contributed by atoms with E-state index in [4.69, 9.17) is 23.2 Å². The van der Waals surface area contributed by atoms with Crippen molar-refractivity contribution in [1.82, 2.24) is 0 Å². The van der Waals surface area contributed by atoms with Crippen molar-refractivity contribution in [2.24, 2.45) is 5.41 Å². The molecule has 1 fully saturated rings. The molecule has 0 radical (unpaired) electrons. The van der Waals surface area contributed by atoms with Crippen LogP contribution in [0.5, 0.6) is 0 Å². The first-order valence-corrected chi connectivity index (χ1v) is 9.64. The molecule has 25 heavy (non-hydrogen) atoms. The van der Waals surface area contributed by atoms with E-state index in [1.54, 1.807) is 24.3 Å². The Morgan fingerprint density at radius 1 is 1.00 bits per heavy atom. The molecule has 0 bridgehead atoms. The Bertz CT molecular complexity index is 909. The van der Waals surface area contributed by atoms with Crippen LogP contribution in [0.2, 0.25) is 10.0 Å². The predicted molar refractivity (Wildman–Crippen MR) is 93.8 cm³/mol. The molecule has 0 saturated heterocycles. The van der Waals surface area contributed by atoms with Gasteiger partial charge < -0.3 is 10.2 Å². The fraction of sp³-hybridized carbons (Fsp3) is 0.235. The van der Waals surface area contributed by atoms with Crippen molar-refractivity contribution in [3.8, 4) is 0 Å². The quantitative estimate of drug-likeness (QED) is 0.804. The summed E-state index contributed by atoms with van der Waals surface area (Å²) in [6.45, 7) is -0.785. The second-order valence-corrected chi connectivity index (χ2v) is 8.89. The number of carboxylic acids is 1. The second-order valence-electron chi connectivity index (χ2n) is 5.95. The van der Waals surface area contributed by atoms with Crippen molar-refractivity contribution >= 4 is 39.0 Å². The number of rotatable bonds is 5. The van der Waals surface area contributed by atoms with Crippen LogP contribution in [0.25, 0.3) is 0 Å². The summed E-state index contributed by atoms with van der Waals surface area (Å²) >= 11 is 11.6. The van der Waals surface area contributed by atoms with E-state index in [2.05, 4.69) is 0 Å². The van der Waals surface area contributed by atoms with Crippen LogP contribution in [-0.4, -0.2) is 36.5 Å². The molecule has 1 saturated carbocycles. The molecule has 2 N–H and O–H groups in total. The van der Waals surface area contributed by atoms with E-state index in [1.165, 1.54) is 24.3 Å². The van der Waals surface area contributed by atoms with Crippen molar-refractivity contribution in [2.75, 3.05) is 6.61 Å². The smallest absolute Gasteiger partial charge is 0.314 e. The van der Waals surface area contributed by atoms with Crippen molar-refractivity contribution < 1.29 is 23.4 Å². The average Bonchev–Trinajstić information content (AvgIpc) is 3.27. The molecule has 0 aromatic heterocycles. The molecule has 0 heterocycles. The van der Waals surface area contributed by atoms with Gasteiger partial charge in [0.05, 0.1) is 16.8 Å². The molecular weight excluding hydrogens is 387 g/mol. The number of carbonyl (C=O) groups is 1. The maximum Gasteiger partial charge on any atom is 0.314 e. The van der Waals surface area contributed by atoms with Crippen LogP contribution in [0.4, 0.5) is 0 Å². The van der Waals surface area contributed by atoms with Gasteiger partial charge in [0.1, 0.15) is 5.41 Å². The third kappa shape index (κ3) is 2.83. The molecule has 8 heteroatoms. The summed E-state index contributed by atoms with van der Waals surface area (Å²) in [6, 6.07) is 11.8. The van der Waals surface area contributed by atoms with Gasteiger partial charge in [-0.2, -0.15) is 0 Å². The van der Waals surface area contributed by atoms with Crippen molar-refractivity contribution in [2.45, 2.75) is 16.1 Å². The van der Waals surface area contributed by atoms with E-state index >= 15 is 0 Å². The molecule has 2 aromatic rings. The number of hydrogen-bond donors (Lipinski definition) is 2. The molecule has 0 unspecified atom stereocenters. The lowest BCUT2D eigenvalue weighted by Gasteiger charge is -2.09. The van der Waals surface area contributed by atoms with Gasteiger partial charge in [-0.15, -0.1) is 0 Å². The molecular formula is C17H14Cl2O5S. The van der Waals surface area contributed by atoms with Crippen LogP contribution >= 0.6 is 23.2 Å². The summed E-state index contributed by atoms with van der Waals surface area (Å²) in [5.74, 6) is -2.22. The molecule has 3 rings (SSSR count). The van der Waals surface area contributed by atoms with Crippen LogP contribution in [-0.2, 0) is 14.6 Å². The van der Waals surface area contributed by atoms with Crippen molar-refractivity contribution in [1.29, 1.82) is 0 Å². The van der Waals surface area contributed by atoms with Gasteiger partial charge in [-0.25, -0.2) is 8.42 Å². The molecule has 0 amide bonds. The molecule has 0 aliphatic heterocycles. The largest absolute Gasteiger partial charge is 0.481 e. The Labute approximate surface area is 154 Å². The average molecular weight is 401 g/mol. The van der Waals surface area contributed by atoms with Gasteiger partial charge in [0, 0.05) is 16.0 Å². The normalized spacial score (nSPS) is 25.6. The highest BCUT2D eigenvalue weighted by atomic mass is 35.5. The molecule has 3 atom stereocenters. The van der Waals surface area contributed by atoms with Crippen LogP contribution < -0.4 is 0 Å². The van der Waals surface area contributed by atoms with Gasteiger partial charge in [0.2, 0.25) is 0 Å². The van der Waals surface area contributed by atoms with Crippen LogP contribution in [0.3, 0.4) is 0 Å². The molecule has 5 nitrogen and oxygen atoms in total. The van der Waals surface area contributed by atoms with Gasteiger partial charge in [-0.05, 0) is 42.0 Å². The van der Waals surface area contributed by atoms with Gasteiger partial charge in [0.15, 0.2) is 9.84 Å². The Morgan fingerprint density at radius 2 is 1.48 bits per heavy atom. The zero-order valence-corrected chi connectivity index (χ0v) is 15.1. The Hall–Kier alpha value is -1.60. The van der Waals surface area contributed by atoms with Crippen molar-refractivity contribution in [3.05, 3.63) is 64.1 Å². The first-order valence-electron chi connectivity index (χ1n) is 7.34. The van der Waals surface area contributed by atoms with E-state index in [-0.39, 0.29) is 4.90 Å². The Kier molecular flexibility index (Phi) is 4.58. The highest BCUT2D eigenvalue weighted by Gasteiger charge is 2.75. The fourth-order valence-electron chi connectivity index (χ4n) is 3.28. The summed E-state index contributed by atoms with van der Waals surface area (Å²) in [7, 11) is -3.99. The lowest BCUT2D eigenvalue weighted by atomic mass is 10.0. The Morgan fingerprint density at radius 3 is 1.92 bits per heavy atom. The topological polar surface area (TPSA) is 91.7 Å². The molecule has 132 valence electrons. The van der Waals surface area contributed by atoms with Gasteiger partial charge in [-0.1, -0.05) is 35.3 Å². The van der Waals surface area contributed by atoms with Gasteiger partial charge >= 0.3 is 5.97 Å². The van der Waals surface area contributed by atoms with E-state index < -0.39 is 39.0 Å². The summed E-state index contributed by atoms with van der Waals surface area (Å²) < 4.78 is 26.0. The van der Waals surface area contributed by atoms with Crippen LogP contribution in [0.15, 0.2) is 53.4 Å². The second kappa shape index (κ2) is 6.29. The minimum absolute atomic E-state index is 0.0301. The number of benzene rings is 2. The van der Waals surface area contributed by atoms with Gasteiger partial charge in [0.25, 0.3) is 0 Å². The summed E-state index contributed by atoms with van der Waals surface area (Å²) in [5, 5.41) is 18.9. The van der Waals surface area contributed by atoms with E-state index in [0.29, 0.717) is 15.6 Å². The number of aliphatic carboxylic acids is 1. The summed E-state index contributed by atoms with van der Waals surface area (Å²) in [6.07, 6.45) is 0. The van der Waals surface area contributed by atoms with Crippen molar-refractivity contribution in [3.63, 3.8) is 0 Å². The molecule has 1 aliphatic rings. The first-order chi connectivity index (χ1) is 11.7. The number of carboxylic acid groups (broad SMARTS) is 1. The highest BCUT2D eigenvalue weighted by Crippen LogP contribution is 2.64. The summed E-state index contributed by atoms with van der Waals surface area (Å²) in [4.78, 5) is 11.8. The highest BCUT2D eigenvalue weighted by molar-refractivity contribution is 7.92. The zero-order chi connectivity index (χ0) is 18.4. The monoisotopic (exact) mass is 400 g/mol. The molecule has 2 aromatic carbocycles. The number of aliphatic hydroxyl groups is 1. The zero-order valence-electron chi connectivity index (χ0n) is 12.8. The lowest BCUT2D eigenvalue weighted by Crippen LogP contribution is -2.27. The van der Waals surface area contributed by atoms with Gasteiger partial charge in [-0.3, -0.25) is 4.79 Å². The standard InChI is InChI=1S/C17H14Cl2O5S/c18-11-3-1-10(2-4-11)14-15(17(14,9-20)16(21)22)25(23,24)13-7-5-12(19)6-8-13/h1-8,14-15,20H,9H2,(H,21,22)/t14-,15-,17+/m0/s1. The Balaban J connectivity index is 2.10. The van der Waals surface area contributed by atoms with Crippen LogP contribution in [0, 0.1) is 5.41 Å². The van der Waals surface area contributed by atoms with E-state index in [9.17, 15) is 23.4 Å². The van der Waals surface area contributed by atoms with Crippen LogP contribution in [0.1, 0.15) is 11.5 Å². The molecule has 0 spiro atoms. The molecule has 1 aliphatic carbocycles. The van der Waals surface area contributed by atoms with E-state index in [0.717, 1.165) is 0 Å². The minimum atomic E-state index is -3.99. The summed E-state index contributed by atoms with van der Waals surface area (Å²) in [5.41, 5.74) is -1.28. The third-order valence-corrected chi connectivity index (χ3v) is 7.42. The maximum absolute atomic E-state index is 13.0. The number of aliphatic hydroxyl groups excluding tert-OH is 1. The first kappa shape index (κ1) is 18.2. The SMILES string of the molecule is O=C(O)[C@]1(CO)[C@@H](c2ccc(Cl)cc2)[C@@H]1S(=O)(=O)c1ccc(Cl)cc1. The maximum atomic E-state index is 13.0. The number of sulfone groups is 1. The number of hydrogen-bond acceptors (Lipinski definition) is 4. The predicted octanol–water partition coefficient (Wildman–Crippen LogP) is 3.00. The lowest BCUT2D eigenvalue weighted by molar-refractivity contribution is -0.145. The fourth-order valence-corrected chi connectivity index (χ4v) is 5.90. The van der Waals surface area contributed by atoms with E-state index in [1.807, 2.05) is 0 Å². The minimum Gasteiger partial charge on any atom is -0.481 e.